The molecule has 180 valence electrons. The molecule has 7 rings (SSSR count). The van der Waals surface area contributed by atoms with Crippen molar-refractivity contribution in [3.63, 3.8) is 0 Å². The van der Waals surface area contributed by atoms with Gasteiger partial charge < -0.3 is 10.2 Å². The van der Waals surface area contributed by atoms with Crippen molar-refractivity contribution in [3.8, 4) is 0 Å². The van der Waals surface area contributed by atoms with E-state index in [0.29, 0.717) is 16.1 Å². The maximum absolute atomic E-state index is 14.5. The summed E-state index contributed by atoms with van der Waals surface area (Å²) in [6.45, 7) is 0. The molecule has 1 fully saturated rings. The number of nitrogens with one attached hydrogen (secondary N) is 1. The van der Waals surface area contributed by atoms with Gasteiger partial charge in [0.15, 0.2) is 11.6 Å². The van der Waals surface area contributed by atoms with Gasteiger partial charge in [-0.05, 0) is 34.7 Å². The summed E-state index contributed by atoms with van der Waals surface area (Å²) < 4.78 is 0. The van der Waals surface area contributed by atoms with Crippen molar-refractivity contribution in [2.24, 2.45) is 5.92 Å². The Balaban J connectivity index is 1.55. The van der Waals surface area contributed by atoms with Crippen molar-refractivity contribution >= 4 is 46.3 Å². The summed E-state index contributed by atoms with van der Waals surface area (Å²) in [7, 11) is 0. The molecule has 37 heavy (non-hydrogen) atoms. The molecule has 0 radical (unpaired) electrons. The fourth-order valence-electron chi connectivity index (χ4n) is 6.47. The van der Waals surface area contributed by atoms with E-state index in [2.05, 4.69) is 5.32 Å². The summed E-state index contributed by atoms with van der Waals surface area (Å²) in [4.78, 5) is 45.7. The molecule has 0 bridgehead atoms. The number of rotatable bonds is 4. The fourth-order valence-corrected chi connectivity index (χ4v) is 7.16. The minimum atomic E-state index is -1.27. The predicted molar refractivity (Wildman–Crippen MR) is 145 cm³/mol. The maximum atomic E-state index is 14.5. The van der Waals surface area contributed by atoms with E-state index in [4.69, 9.17) is 0 Å². The second-order valence-electron chi connectivity index (χ2n) is 9.63. The van der Waals surface area contributed by atoms with Crippen molar-refractivity contribution in [3.05, 3.63) is 124 Å². The lowest BCUT2D eigenvalue weighted by atomic mass is 9.64. The van der Waals surface area contributed by atoms with Gasteiger partial charge in [-0.1, -0.05) is 84.9 Å². The summed E-state index contributed by atoms with van der Waals surface area (Å²) in [5.41, 5.74) is 2.47. The number of fused-ring (bicyclic) bond motifs is 6. The second-order valence-corrected chi connectivity index (χ2v) is 10.6. The van der Waals surface area contributed by atoms with Gasteiger partial charge in [-0.25, -0.2) is 0 Å². The Labute approximate surface area is 218 Å². The van der Waals surface area contributed by atoms with Crippen molar-refractivity contribution in [2.45, 2.75) is 17.5 Å². The molecule has 1 saturated heterocycles. The number of hydrogen-bond donors (Lipinski definition) is 1. The molecule has 0 aliphatic carbocycles. The van der Waals surface area contributed by atoms with Crippen LogP contribution in [0.3, 0.4) is 0 Å². The van der Waals surface area contributed by atoms with Crippen LogP contribution < -0.4 is 10.2 Å². The number of benzene rings is 3. The number of carbonyl (C=O) groups is 3. The monoisotopic (exact) mass is 502 g/mol. The number of ketones is 2. The molecule has 6 heteroatoms. The molecule has 1 spiro atoms. The van der Waals surface area contributed by atoms with Crippen molar-refractivity contribution in [1.82, 2.24) is 0 Å². The highest BCUT2D eigenvalue weighted by atomic mass is 32.1. The van der Waals surface area contributed by atoms with Crippen LogP contribution in [-0.4, -0.2) is 29.6 Å². The molecule has 1 aromatic heterocycles. The quantitative estimate of drug-likeness (QED) is 0.369. The zero-order chi connectivity index (χ0) is 25.1. The first kappa shape index (κ1) is 21.9. The Morgan fingerprint density at radius 3 is 2.41 bits per heavy atom. The van der Waals surface area contributed by atoms with Crippen LogP contribution in [0.15, 0.2) is 102 Å². The zero-order valence-electron chi connectivity index (χ0n) is 19.7. The molecular weight excluding hydrogens is 480 g/mol. The lowest BCUT2D eigenvalue weighted by Gasteiger charge is -2.37. The minimum absolute atomic E-state index is 0.145. The minimum Gasteiger partial charge on any atom is -0.352 e. The van der Waals surface area contributed by atoms with E-state index in [9.17, 15) is 14.4 Å². The van der Waals surface area contributed by atoms with Crippen LogP contribution in [0, 0.1) is 5.92 Å². The lowest BCUT2D eigenvalue weighted by Crippen LogP contribution is -2.51. The topological polar surface area (TPSA) is 66.5 Å². The first-order valence-corrected chi connectivity index (χ1v) is 13.1. The molecule has 5 nitrogen and oxygen atoms in total. The third-order valence-electron chi connectivity index (χ3n) is 7.92. The van der Waals surface area contributed by atoms with E-state index < -0.39 is 23.4 Å². The molecule has 4 heterocycles. The Morgan fingerprint density at radius 1 is 0.838 bits per heavy atom. The van der Waals surface area contributed by atoms with Gasteiger partial charge in [-0.3, -0.25) is 14.4 Å². The Kier molecular flexibility index (Phi) is 4.81. The summed E-state index contributed by atoms with van der Waals surface area (Å²) >= 11 is 1.36. The van der Waals surface area contributed by atoms with Gasteiger partial charge in [-0.15, -0.1) is 11.3 Å². The van der Waals surface area contributed by atoms with Crippen LogP contribution in [-0.2, 0) is 10.2 Å². The largest absolute Gasteiger partial charge is 0.352 e. The van der Waals surface area contributed by atoms with E-state index in [1.165, 1.54) is 11.3 Å². The van der Waals surface area contributed by atoms with E-state index in [1.54, 1.807) is 18.2 Å². The number of anilines is 2. The Hall–Kier alpha value is -4.29. The second kappa shape index (κ2) is 8.11. The van der Waals surface area contributed by atoms with Gasteiger partial charge in [0.05, 0.1) is 16.8 Å². The standard InChI is InChI=1S/C31H22N2O3S/c34-28(20-10-2-1-3-11-20)26-27(29(35)24-15-8-18-37-24)33-23-14-7-4-9-19(23)16-17-25(33)31(26)21-12-5-6-13-22(21)32-30(31)36/h1-18,25-27H,(H,32,36)/t25-,26+,27+,31+/m1/s1. The highest BCUT2D eigenvalue weighted by Gasteiger charge is 2.70. The SMILES string of the molecule is O=C(c1cccs1)[C@@H]1[C@@H](C(=O)c2ccccc2)[C@@]2(C(=O)Nc3ccccc32)[C@H]2C=Cc3ccccc3N12. The number of thiophene rings is 1. The molecule has 1 amide bonds. The first-order chi connectivity index (χ1) is 18.1. The van der Waals surface area contributed by atoms with Gasteiger partial charge in [0, 0.05) is 16.9 Å². The molecule has 3 aliphatic heterocycles. The molecule has 0 saturated carbocycles. The van der Waals surface area contributed by atoms with E-state index in [-0.39, 0.29) is 17.5 Å². The van der Waals surface area contributed by atoms with Crippen LogP contribution in [0.1, 0.15) is 31.2 Å². The smallest absolute Gasteiger partial charge is 0.238 e. The van der Waals surface area contributed by atoms with Crippen LogP contribution in [0.2, 0.25) is 0 Å². The molecule has 3 aliphatic rings. The zero-order valence-corrected chi connectivity index (χ0v) is 20.5. The van der Waals surface area contributed by atoms with Crippen LogP contribution in [0.25, 0.3) is 6.08 Å². The first-order valence-electron chi connectivity index (χ1n) is 12.3. The highest BCUT2D eigenvalue weighted by molar-refractivity contribution is 7.12. The molecule has 3 aromatic carbocycles. The van der Waals surface area contributed by atoms with Gasteiger partial charge in [0.25, 0.3) is 0 Å². The van der Waals surface area contributed by atoms with E-state index in [0.717, 1.165) is 16.8 Å². The number of Topliss-reactive ketones (excluding diaryl/α,β-unsaturated/α-hetero) is 2. The number of hydrogen-bond acceptors (Lipinski definition) is 5. The van der Waals surface area contributed by atoms with Gasteiger partial charge in [-0.2, -0.15) is 0 Å². The van der Waals surface area contributed by atoms with Gasteiger partial charge >= 0.3 is 0 Å². The Morgan fingerprint density at radius 2 is 1.59 bits per heavy atom. The highest BCUT2D eigenvalue weighted by Crippen LogP contribution is 2.58. The van der Waals surface area contributed by atoms with E-state index in [1.807, 2.05) is 95.2 Å². The van der Waals surface area contributed by atoms with Crippen LogP contribution in [0.5, 0.6) is 0 Å². The molecular formula is C31H22N2O3S. The number of amides is 1. The van der Waals surface area contributed by atoms with Crippen LogP contribution >= 0.6 is 11.3 Å². The third kappa shape index (κ3) is 2.93. The van der Waals surface area contributed by atoms with Crippen molar-refractivity contribution in [2.75, 3.05) is 10.2 Å². The van der Waals surface area contributed by atoms with Gasteiger partial charge in [0.2, 0.25) is 5.91 Å². The number of para-hydroxylation sites is 2. The molecule has 0 unspecified atom stereocenters. The summed E-state index contributed by atoms with van der Waals surface area (Å²) in [6.07, 6.45) is 4.01. The van der Waals surface area contributed by atoms with E-state index >= 15 is 0 Å². The van der Waals surface area contributed by atoms with Crippen LogP contribution in [0.4, 0.5) is 11.4 Å². The lowest BCUT2D eigenvalue weighted by molar-refractivity contribution is -0.121. The average molecular weight is 503 g/mol. The van der Waals surface area contributed by atoms with Gasteiger partial charge in [0.1, 0.15) is 11.5 Å². The number of carbonyl (C=O) groups excluding carboxylic acids is 3. The summed E-state index contributed by atoms with van der Waals surface area (Å²) in [6, 6.07) is 26.7. The maximum Gasteiger partial charge on any atom is 0.238 e. The summed E-state index contributed by atoms with van der Waals surface area (Å²) in [5, 5.41) is 4.92. The van der Waals surface area contributed by atoms with Crippen molar-refractivity contribution in [1.29, 1.82) is 0 Å². The molecule has 4 atom stereocenters. The third-order valence-corrected chi connectivity index (χ3v) is 8.80. The number of nitrogens with zero attached hydrogens (tertiary/aromatic N) is 1. The normalized spacial score (nSPS) is 24.9. The molecule has 1 N–H and O–H groups in total. The molecule has 4 aromatic rings. The van der Waals surface area contributed by atoms with Crippen molar-refractivity contribution < 1.29 is 14.4 Å². The average Bonchev–Trinajstić information content (AvgIpc) is 3.65. The Bertz CT molecular complexity index is 1590. The predicted octanol–water partition coefficient (Wildman–Crippen LogP) is 5.60. The summed E-state index contributed by atoms with van der Waals surface area (Å²) in [5.74, 6) is -1.53. The fraction of sp³-hybridized carbons (Fsp3) is 0.129.